The SMILES string of the molecule is CCNCc1cccc(SC(C)CCOC)c1. The van der Waals surface area contributed by atoms with Gasteiger partial charge in [-0.2, -0.15) is 0 Å². The summed E-state index contributed by atoms with van der Waals surface area (Å²) in [5.41, 5.74) is 1.36. The normalized spacial score (nSPS) is 12.6. The number of rotatable bonds is 8. The van der Waals surface area contributed by atoms with Gasteiger partial charge in [0, 0.05) is 30.4 Å². The van der Waals surface area contributed by atoms with E-state index >= 15 is 0 Å². The van der Waals surface area contributed by atoms with Crippen LogP contribution in [0.15, 0.2) is 29.2 Å². The van der Waals surface area contributed by atoms with Crippen LogP contribution in [-0.4, -0.2) is 25.5 Å². The van der Waals surface area contributed by atoms with Crippen LogP contribution < -0.4 is 5.32 Å². The van der Waals surface area contributed by atoms with E-state index in [1.54, 1.807) is 7.11 Å². The Morgan fingerprint density at radius 3 is 2.94 bits per heavy atom. The Morgan fingerprint density at radius 1 is 1.41 bits per heavy atom. The van der Waals surface area contributed by atoms with Crippen molar-refractivity contribution >= 4 is 11.8 Å². The lowest BCUT2D eigenvalue weighted by atomic mass is 10.2. The van der Waals surface area contributed by atoms with E-state index in [0.717, 1.165) is 26.1 Å². The number of methoxy groups -OCH3 is 1. The molecule has 0 heterocycles. The molecule has 1 unspecified atom stereocenters. The molecule has 1 aromatic rings. The standard InChI is InChI=1S/C14H23NOS/c1-4-15-11-13-6-5-7-14(10-13)17-12(2)8-9-16-3/h5-7,10,12,15H,4,8-9,11H2,1-3H3. The van der Waals surface area contributed by atoms with Gasteiger partial charge in [0.15, 0.2) is 0 Å². The minimum Gasteiger partial charge on any atom is -0.385 e. The molecular weight excluding hydrogens is 230 g/mol. The van der Waals surface area contributed by atoms with Gasteiger partial charge in [-0.25, -0.2) is 0 Å². The van der Waals surface area contributed by atoms with E-state index in [-0.39, 0.29) is 0 Å². The van der Waals surface area contributed by atoms with Gasteiger partial charge in [-0.15, -0.1) is 11.8 Å². The van der Waals surface area contributed by atoms with Crippen molar-refractivity contribution in [3.63, 3.8) is 0 Å². The maximum atomic E-state index is 5.10. The van der Waals surface area contributed by atoms with E-state index in [1.165, 1.54) is 10.5 Å². The highest BCUT2D eigenvalue weighted by molar-refractivity contribution is 7.99. The molecule has 1 N–H and O–H groups in total. The molecule has 0 radical (unpaired) electrons. The first-order chi connectivity index (χ1) is 8.26. The number of nitrogens with one attached hydrogen (secondary N) is 1. The summed E-state index contributed by atoms with van der Waals surface area (Å²) in [6.45, 7) is 7.19. The van der Waals surface area contributed by atoms with Gasteiger partial charge < -0.3 is 10.1 Å². The molecule has 0 aliphatic heterocycles. The third kappa shape index (κ3) is 6.10. The summed E-state index contributed by atoms with van der Waals surface area (Å²) in [5.74, 6) is 0. The third-order valence-electron chi connectivity index (χ3n) is 2.54. The molecule has 0 amide bonds. The number of hydrogen-bond acceptors (Lipinski definition) is 3. The molecule has 96 valence electrons. The molecule has 0 aliphatic carbocycles. The first kappa shape index (κ1) is 14.6. The van der Waals surface area contributed by atoms with Gasteiger partial charge in [0.2, 0.25) is 0 Å². The van der Waals surface area contributed by atoms with Gasteiger partial charge >= 0.3 is 0 Å². The second-order valence-corrected chi connectivity index (χ2v) is 5.65. The Labute approximate surface area is 109 Å². The number of benzene rings is 1. The van der Waals surface area contributed by atoms with Crippen LogP contribution in [0.2, 0.25) is 0 Å². The summed E-state index contributed by atoms with van der Waals surface area (Å²) in [6.07, 6.45) is 1.10. The molecule has 1 aromatic carbocycles. The van der Waals surface area contributed by atoms with Crippen molar-refractivity contribution in [2.75, 3.05) is 20.3 Å². The number of thioether (sulfide) groups is 1. The van der Waals surface area contributed by atoms with Crippen LogP contribution in [0.4, 0.5) is 0 Å². The molecule has 0 spiro atoms. The van der Waals surface area contributed by atoms with Gasteiger partial charge in [0.25, 0.3) is 0 Å². The Hall–Kier alpha value is -0.510. The summed E-state index contributed by atoms with van der Waals surface area (Å²) >= 11 is 1.92. The Balaban J connectivity index is 2.47. The molecule has 17 heavy (non-hydrogen) atoms. The fraction of sp³-hybridized carbons (Fsp3) is 0.571. The highest BCUT2D eigenvalue weighted by atomic mass is 32.2. The Morgan fingerprint density at radius 2 is 2.24 bits per heavy atom. The summed E-state index contributed by atoms with van der Waals surface area (Å²) in [5, 5.41) is 3.95. The minimum atomic E-state index is 0.601. The first-order valence-corrected chi connectivity index (χ1v) is 7.09. The highest BCUT2D eigenvalue weighted by Gasteiger charge is 2.04. The van der Waals surface area contributed by atoms with Crippen LogP contribution in [0.5, 0.6) is 0 Å². The summed E-state index contributed by atoms with van der Waals surface area (Å²) in [6, 6.07) is 8.77. The second kappa shape index (κ2) is 8.56. The maximum absolute atomic E-state index is 5.10. The molecular formula is C14H23NOS. The molecule has 1 atom stereocenters. The van der Waals surface area contributed by atoms with E-state index < -0.39 is 0 Å². The lowest BCUT2D eigenvalue weighted by Crippen LogP contribution is -2.11. The van der Waals surface area contributed by atoms with Gasteiger partial charge in [-0.3, -0.25) is 0 Å². The number of ether oxygens (including phenoxy) is 1. The molecule has 3 heteroatoms. The van der Waals surface area contributed by atoms with Crippen molar-refractivity contribution in [3.8, 4) is 0 Å². The molecule has 0 aromatic heterocycles. The van der Waals surface area contributed by atoms with Crippen LogP contribution in [0.1, 0.15) is 25.8 Å². The van der Waals surface area contributed by atoms with E-state index in [9.17, 15) is 0 Å². The number of hydrogen-bond donors (Lipinski definition) is 1. The summed E-state index contributed by atoms with van der Waals surface area (Å²) < 4.78 is 5.10. The summed E-state index contributed by atoms with van der Waals surface area (Å²) in [7, 11) is 1.76. The van der Waals surface area contributed by atoms with Gasteiger partial charge in [0.05, 0.1) is 0 Å². The molecule has 0 saturated heterocycles. The minimum absolute atomic E-state index is 0.601. The first-order valence-electron chi connectivity index (χ1n) is 6.21. The maximum Gasteiger partial charge on any atom is 0.0472 e. The van der Waals surface area contributed by atoms with E-state index in [4.69, 9.17) is 4.74 Å². The quantitative estimate of drug-likeness (QED) is 0.718. The molecule has 0 bridgehead atoms. The van der Waals surface area contributed by atoms with E-state index in [1.807, 2.05) is 11.8 Å². The van der Waals surface area contributed by atoms with Crippen molar-refractivity contribution in [1.82, 2.24) is 5.32 Å². The predicted octanol–water partition coefficient (Wildman–Crippen LogP) is 3.31. The summed E-state index contributed by atoms with van der Waals surface area (Å²) in [4.78, 5) is 1.35. The van der Waals surface area contributed by atoms with E-state index in [0.29, 0.717) is 5.25 Å². The predicted molar refractivity (Wildman–Crippen MR) is 75.6 cm³/mol. The van der Waals surface area contributed by atoms with Crippen LogP contribution in [0.25, 0.3) is 0 Å². The highest BCUT2D eigenvalue weighted by Crippen LogP contribution is 2.25. The van der Waals surface area contributed by atoms with Crippen molar-refractivity contribution in [3.05, 3.63) is 29.8 Å². The molecule has 0 fully saturated rings. The fourth-order valence-electron chi connectivity index (χ4n) is 1.57. The average Bonchev–Trinajstić information content (AvgIpc) is 2.34. The largest absolute Gasteiger partial charge is 0.385 e. The Kier molecular flexibility index (Phi) is 7.33. The Bertz CT molecular complexity index is 317. The fourth-order valence-corrected chi connectivity index (χ4v) is 2.63. The van der Waals surface area contributed by atoms with Crippen molar-refractivity contribution < 1.29 is 4.74 Å². The smallest absolute Gasteiger partial charge is 0.0472 e. The molecule has 0 aliphatic rings. The van der Waals surface area contributed by atoms with Gasteiger partial charge in [-0.05, 0) is 30.7 Å². The lowest BCUT2D eigenvalue weighted by Gasteiger charge is -2.11. The van der Waals surface area contributed by atoms with E-state index in [2.05, 4.69) is 43.4 Å². The van der Waals surface area contributed by atoms with Crippen molar-refractivity contribution in [1.29, 1.82) is 0 Å². The molecule has 1 rings (SSSR count). The lowest BCUT2D eigenvalue weighted by molar-refractivity contribution is 0.195. The van der Waals surface area contributed by atoms with Gasteiger partial charge in [0.1, 0.15) is 0 Å². The van der Waals surface area contributed by atoms with Crippen LogP contribution >= 0.6 is 11.8 Å². The van der Waals surface area contributed by atoms with Crippen LogP contribution in [-0.2, 0) is 11.3 Å². The monoisotopic (exact) mass is 253 g/mol. The zero-order valence-corrected chi connectivity index (χ0v) is 11.8. The molecule has 2 nitrogen and oxygen atoms in total. The zero-order chi connectivity index (χ0) is 12.5. The molecule has 0 saturated carbocycles. The van der Waals surface area contributed by atoms with Crippen molar-refractivity contribution in [2.24, 2.45) is 0 Å². The van der Waals surface area contributed by atoms with Crippen LogP contribution in [0.3, 0.4) is 0 Å². The van der Waals surface area contributed by atoms with Crippen molar-refractivity contribution in [2.45, 2.75) is 37.0 Å². The zero-order valence-electron chi connectivity index (χ0n) is 11.0. The van der Waals surface area contributed by atoms with Crippen LogP contribution in [0, 0.1) is 0 Å². The third-order valence-corrected chi connectivity index (χ3v) is 3.71. The average molecular weight is 253 g/mol. The van der Waals surface area contributed by atoms with Gasteiger partial charge in [-0.1, -0.05) is 26.0 Å². The second-order valence-electron chi connectivity index (χ2n) is 4.14. The topological polar surface area (TPSA) is 21.3 Å².